The fourth-order valence-electron chi connectivity index (χ4n) is 1.01. The van der Waals surface area contributed by atoms with Crippen LogP contribution in [0.4, 0.5) is 0 Å². The Hall–Kier alpha value is 1.04. The van der Waals surface area contributed by atoms with E-state index in [1.54, 1.807) is 0 Å². The van der Waals surface area contributed by atoms with E-state index in [4.69, 9.17) is 0 Å². The summed E-state index contributed by atoms with van der Waals surface area (Å²) in [4.78, 5) is 0. The van der Waals surface area contributed by atoms with E-state index in [0.29, 0.717) is 0 Å². The Bertz CT molecular complexity index is 67.6. The Morgan fingerprint density at radius 2 is 0.533 bits per heavy atom. The van der Waals surface area contributed by atoms with Gasteiger partial charge in [0, 0.05) is 0 Å². The smallest absolute Gasteiger partial charge is 1.00 e. The molecule has 0 saturated carbocycles. The molecule has 0 spiro atoms. The molecular weight excluding hydrogens is 288 g/mol. The van der Waals surface area contributed by atoms with Gasteiger partial charge in [0.15, 0.2) is 0 Å². The van der Waals surface area contributed by atoms with Gasteiger partial charge in [-0.3, -0.25) is 0 Å². The molecule has 0 amide bonds. The van der Waals surface area contributed by atoms with Crippen LogP contribution in [0.1, 0.15) is 0 Å². The van der Waals surface area contributed by atoms with Crippen LogP contribution in [0.2, 0.25) is 0 Å². The maximum absolute atomic E-state index is 4.29. The van der Waals surface area contributed by atoms with Gasteiger partial charge in [-0.25, -0.2) is 0 Å². The summed E-state index contributed by atoms with van der Waals surface area (Å²) in [5.74, 6) is 0. The number of hydrogen-bond donors (Lipinski definition) is 0. The summed E-state index contributed by atoms with van der Waals surface area (Å²) in [6.07, 6.45) is 0. The molecule has 1 saturated heterocycles. The van der Waals surface area contributed by atoms with Crippen molar-refractivity contribution in [1.29, 1.82) is 0 Å². The summed E-state index contributed by atoms with van der Waals surface area (Å²) in [5, 5.41) is 17.1. The molecule has 4 nitrogen and oxygen atoms in total. The van der Waals surface area contributed by atoms with Gasteiger partial charge in [-0.05, 0) is 0 Å². The molecule has 0 N–H and O–H groups in total. The average molecular weight is 305 g/mol. The molecule has 15 heavy (non-hydrogen) atoms. The van der Waals surface area contributed by atoms with Crippen molar-refractivity contribution in [3.8, 4) is 0 Å². The van der Waals surface area contributed by atoms with Crippen molar-refractivity contribution in [2.24, 2.45) is 0 Å². The van der Waals surface area contributed by atoms with E-state index >= 15 is 0 Å². The predicted molar refractivity (Wildman–Crippen MR) is 52.4 cm³/mol. The van der Waals surface area contributed by atoms with Crippen molar-refractivity contribution in [2.75, 3.05) is 52.4 Å². The van der Waals surface area contributed by atoms with E-state index in [9.17, 15) is 0 Å². The van der Waals surface area contributed by atoms with E-state index in [1.807, 2.05) is 0 Å². The van der Waals surface area contributed by atoms with Gasteiger partial charge in [-0.2, -0.15) is 52.4 Å². The van der Waals surface area contributed by atoms with Crippen molar-refractivity contribution >= 4 is 0 Å². The minimum absolute atomic E-state index is 0. The van der Waals surface area contributed by atoms with Crippen molar-refractivity contribution in [3.63, 3.8) is 0 Å². The molecule has 1 rings (SSSR count). The Balaban J connectivity index is -0.000000480. The van der Waals surface area contributed by atoms with E-state index in [-0.39, 0.29) is 44.3 Å². The van der Waals surface area contributed by atoms with Crippen LogP contribution in [-0.4, -0.2) is 52.4 Å². The predicted octanol–water partition coefficient (Wildman–Crippen LogP) is -4.50. The summed E-state index contributed by atoms with van der Waals surface area (Å²) in [5.41, 5.74) is 0. The molecule has 0 unspecified atom stereocenters. The van der Waals surface area contributed by atoms with Crippen LogP contribution in [0, 0.1) is 0 Å². The Kier molecular flexibility index (Phi) is 24.8. The van der Waals surface area contributed by atoms with E-state index in [2.05, 4.69) is 21.3 Å². The van der Waals surface area contributed by atoms with Crippen LogP contribution in [0.25, 0.3) is 21.3 Å². The van der Waals surface area contributed by atoms with E-state index < -0.39 is 0 Å². The van der Waals surface area contributed by atoms with Crippen molar-refractivity contribution in [2.45, 2.75) is 0 Å². The summed E-state index contributed by atoms with van der Waals surface area (Å²) < 4.78 is 0. The van der Waals surface area contributed by atoms with Gasteiger partial charge in [0.1, 0.15) is 0 Å². The normalized spacial score (nSPS) is 19.2. The van der Waals surface area contributed by atoms with E-state index in [1.165, 1.54) is 0 Å². The summed E-state index contributed by atoms with van der Waals surface area (Å²) in [7, 11) is 0. The molecule has 0 aromatic carbocycles. The minimum Gasteiger partial charge on any atom is -1.00 e. The van der Waals surface area contributed by atoms with Gasteiger partial charge in [0.25, 0.3) is 0 Å². The molecule has 1 fully saturated rings. The average Bonchev–Trinajstić information content (AvgIpc) is 2.05. The largest absolute Gasteiger partial charge is 2.00 e. The van der Waals surface area contributed by atoms with Crippen LogP contribution in [0.3, 0.4) is 0 Å². The van der Waals surface area contributed by atoms with Crippen molar-refractivity contribution in [1.82, 2.24) is 0 Å². The maximum Gasteiger partial charge on any atom is 2.00 e. The molecule has 88 valence electrons. The van der Waals surface area contributed by atoms with Gasteiger partial charge in [0.2, 0.25) is 0 Å². The first-order chi connectivity index (χ1) is 6.00. The standard InChI is InChI=1S/C8H16N4.2ClH.Zn/c1-2-10-5-6-12-8-7-11-4-3-9-1;;;/h1-8H2;2*1H;/q-4;;;+2/p-2. The van der Waals surface area contributed by atoms with Crippen LogP contribution in [-0.2, 0) is 19.5 Å². The first-order valence-corrected chi connectivity index (χ1v) is 4.53. The third-order valence-corrected chi connectivity index (χ3v) is 1.66. The zero-order valence-electron chi connectivity index (χ0n) is 8.91. The fraction of sp³-hybridized carbons (Fsp3) is 1.00. The molecule has 0 radical (unpaired) electrons. The van der Waals surface area contributed by atoms with Crippen LogP contribution >= 0.6 is 0 Å². The minimum atomic E-state index is 0. The molecule has 0 atom stereocenters. The van der Waals surface area contributed by atoms with Gasteiger partial charge in [0.05, 0.1) is 0 Å². The third-order valence-electron chi connectivity index (χ3n) is 1.66. The molecule has 1 aliphatic heterocycles. The second kappa shape index (κ2) is 17.4. The van der Waals surface area contributed by atoms with Gasteiger partial charge < -0.3 is 46.1 Å². The Morgan fingerprint density at radius 3 is 0.667 bits per heavy atom. The Morgan fingerprint density at radius 1 is 0.400 bits per heavy atom. The molecule has 0 aromatic rings. The number of hydrogen-bond acceptors (Lipinski definition) is 0. The van der Waals surface area contributed by atoms with Gasteiger partial charge in [-0.1, -0.05) is 0 Å². The zero-order chi connectivity index (χ0) is 8.49. The summed E-state index contributed by atoms with van der Waals surface area (Å²) >= 11 is 0. The second-order valence-electron chi connectivity index (χ2n) is 2.68. The zero-order valence-corrected chi connectivity index (χ0v) is 13.4. The molecular formula is C8H16Cl2N4Zn-4. The van der Waals surface area contributed by atoms with Crippen LogP contribution in [0.5, 0.6) is 0 Å². The van der Waals surface area contributed by atoms with Crippen molar-refractivity contribution < 1.29 is 44.3 Å². The van der Waals surface area contributed by atoms with E-state index in [0.717, 1.165) is 52.4 Å². The topological polar surface area (TPSA) is 56.4 Å². The Labute approximate surface area is 118 Å². The molecule has 1 aliphatic rings. The van der Waals surface area contributed by atoms with Crippen molar-refractivity contribution in [3.05, 3.63) is 21.3 Å². The number of nitrogens with zero attached hydrogens (tertiary/aromatic N) is 4. The second-order valence-corrected chi connectivity index (χ2v) is 2.68. The van der Waals surface area contributed by atoms with Gasteiger partial charge >= 0.3 is 19.5 Å². The summed E-state index contributed by atoms with van der Waals surface area (Å²) in [6.45, 7) is 6.85. The maximum atomic E-state index is 4.29. The quantitative estimate of drug-likeness (QED) is 0.405. The molecule has 7 heteroatoms. The first kappa shape index (κ1) is 21.3. The fourth-order valence-corrected chi connectivity index (χ4v) is 1.01. The summed E-state index contributed by atoms with van der Waals surface area (Å²) in [6, 6.07) is 0. The monoisotopic (exact) mass is 302 g/mol. The van der Waals surface area contributed by atoms with Gasteiger partial charge in [-0.15, -0.1) is 0 Å². The SMILES string of the molecule is C1C[N-]CC[N-]CC[N-]CC[N-]1.[Cl-].[Cl-].[Zn+2]. The molecule has 0 aromatic heterocycles. The number of rotatable bonds is 0. The van der Waals surface area contributed by atoms with Crippen LogP contribution < -0.4 is 24.8 Å². The number of halogens is 2. The third kappa shape index (κ3) is 15.0. The molecule has 0 bridgehead atoms. The molecule has 0 aliphatic carbocycles. The first-order valence-electron chi connectivity index (χ1n) is 4.53. The molecule has 1 heterocycles. The van der Waals surface area contributed by atoms with Crippen LogP contribution in [0.15, 0.2) is 0 Å².